The van der Waals surface area contributed by atoms with Crippen molar-refractivity contribution in [1.82, 2.24) is 9.97 Å². The average Bonchev–Trinajstić information content (AvgIpc) is 2.78. The average molecular weight is 471 g/mol. The Kier molecular flexibility index (Phi) is 6.69. The first-order chi connectivity index (χ1) is 16.2. The summed E-state index contributed by atoms with van der Waals surface area (Å²) in [6.45, 7) is 5.66. The maximum Gasteiger partial charge on any atom is 0.416 e. The molecule has 1 amide bonds. The smallest absolute Gasteiger partial charge is 0.378 e. The number of nitrogens with zero attached hydrogens (tertiary/aromatic N) is 3. The number of amides is 1. The lowest BCUT2D eigenvalue weighted by atomic mass is 10.1. The number of nitrogens with one attached hydrogen (secondary N) is 2. The van der Waals surface area contributed by atoms with E-state index in [1.165, 1.54) is 6.07 Å². The summed E-state index contributed by atoms with van der Waals surface area (Å²) in [4.78, 5) is 23.6. The fraction of sp³-hybridized carbons (Fsp3) is 0.292. The molecule has 0 radical (unpaired) electrons. The van der Waals surface area contributed by atoms with E-state index in [2.05, 4.69) is 20.6 Å². The van der Waals surface area contributed by atoms with E-state index in [0.717, 1.165) is 23.5 Å². The quantitative estimate of drug-likeness (QED) is 0.549. The predicted octanol–water partition coefficient (Wildman–Crippen LogP) is 4.94. The van der Waals surface area contributed by atoms with E-state index >= 15 is 0 Å². The number of aromatic nitrogens is 2. The van der Waals surface area contributed by atoms with Crippen LogP contribution in [0.1, 0.15) is 27.3 Å². The van der Waals surface area contributed by atoms with Crippen LogP contribution in [0.4, 0.5) is 36.2 Å². The van der Waals surface area contributed by atoms with E-state index < -0.39 is 17.6 Å². The van der Waals surface area contributed by atoms with Gasteiger partial charge in [-0.1, -0.05) is 6.07 Å². The molecule has 0 aliphatic carbocycles. The van der Waals surface area contributed by atoms with E-state index in [4.69, 9.17) is 4.74 Å². The number of rotatable bonds is 5. The SMILES string of the molecule is Cc1cc(C)nc(Nc2cccc(C(=O)Nc3cc(C(F)(F)F)ccc3N3CCOCC3)c2)n1. The monoisotopic (exact) mass is 471 g/mol. The number of morpholine rings is 1. The van der Waals surface area contributed by atoms with Crippen molar-refractivity contribution in [1.29, 1.82) is 0 Å². The van der Waals surface area contributed by atoms with Crippen molar-refractivity contribution < 1.29 is 22.7 Å². The molecule has 2 N–H and O–H groups in total. The molecule has 0 spiro atoms. The Morgan fingerprint density at radius 1 is 1.00 bits per heavy atom. The zero-order chi connectivity index (χ0) is 24.3. The molecule has 0 saturated carbocycles. The first kappa shape index (κ1) is 23.5. The van der Waals surface area contributed by atoms with Crippen LogP contribution < -0.4 is 15.5 Å². The summed E-state index contributed by atoms with van der Waals surface area (Å²) in [5.41, 5.74) is 2.23. The molecular formula is C24H24F3N5O2. The largest absolute Gasteiger partial charge is 0.416 e. The fourth-order valence-electron chi connectivity index (χ4n) is 3.74. The molecule has 0 bridgehead atoms. The fourth-order valence-corrected chi connectivity index (χ4v) is 3.74. The first-order valence-electron chi connectivity index (χ1n) is 10.7. The molecule has 3 aromatic rings. The number of alkyl halides is 3. The minimum atomic E-state index is -4.53. The molecule has 178 valence electrons. The zero-order valence-corrected chi connectivity index (χ0v) is 18.7. The summed E-state index contributed by atoms with van der Waals surface area (Å²) in [5, 5.41) is 5.73. The molecule has 1 aromatic heterocycles. The van der Waals surface area contributed by atoms with Gasteiger partial charge in [0, 0.05) is 35.7 Å². The van der Waals surface area contributed by atoms with Gasteiger partial charge < -0.3 is 20.3 Å². The second-order valence-corrected chi connectivity index (χ2v) is 7.96. The third-order valence-electron chi connectivity index (χ3n) is 5.29. The maximum atomic E-state index is 13.4. The number of hydrogen-bond acceptors (Lipinski definition) is 6. The summed E-state index contributed by atoms with van der Waals surface area (Å²) < 4.78 is 45.4. The molecule has 1 aliphatic heterocycles. The molecule has 1 fully saturated rings. The van der Waals surface area contributed by atoms with Crippen molar-refractivity contribution in [3.8, 4) is 0 Å². The van der Waals surface area contributed by atoms with Crippen molar-refractivity contribution in [3.05, 3.63) is 71.0 Å². The molecular weight excluding hydrogens is 447 g/mol. The molecule has 2 heterocycles. The predicted molar refractivity (Wildman–Crippen MR) is 124 cm³/mol. The molecule has 10 heteroatoms. The third-order valence-corrected chi connectivity index (χ3v) is 5.29. The lowest BCUT2D eigenvalue weighted by Gasteiger charge is -2.31. The molecule has 34 heavy (non-hydrogen) atoms. The number of carbonyl (C=O) groups is 1. The lowest BCUT2D eigenvalue weighted by molar-refractivity contribution is -0.137. The van der Waals surface area contributed by atoms with E-state index in [1.807, 2.05) is 24.8 Å². The second kappa shape index (κ2) is 9.68. The topological polar surface area (TPSA) is 79.4 Å². The van der Waals surface area contributed by atoms with Crippen molar-refractivity contribution in [2.75, 3.05) is 41.8 Å². The summed E-state index contributed by atoms with van der Waals surface area (Å²) in [6, 6.07) is 11.8. The van der Waals surface area contributed by atoms with Gasteiger partial charge in [0.05, 0.1) is 30.2 Å². The van der Waals surface area contributed by atoms with Gasteiger partial charge in [0.25, 0.3) is 5.91 Å². The van der Waals surface area contributed by atoms with Crippen LogP contribution in [-0.4, -0.2) is 42.2 Å². The van der Waals surface area contributed by atoms with Crippen LogP contribution in [-0.2, 0) is 10.9 Å². The Morgan fingerprint density at radius 2 is 1.71 bits per heavy atom. The molecule has 2 aromatic carbocycles. The van der Waals surface area contributed by atoms with Crippen molar-refractivity contribution in [3.63, 3.8) is 0 Å². The van der Waals surface area contributed by atoms with Gasteiger partial charge in [0.2, 0.25) is 5.95 Å². The van der Waals surface area contributed by atoms with E-state index in [9.17, 15) is 18.0 Å². The summed E-state index contributed by atoms with van der Waals surface area (Å²) in [7, 11) is 0. The number of hydrogen-bond donors (Lipinski definition) is 2. The normalized spacial score (nSPS) is 14.1. The van der Waals surface area contributed by atoms with Crippen LogP contribution in [0.5, 0.6) is 0 Å². The number of ether oxygens (including phenoxy) is 1. The highest BCUT2D eigenvalue weighted by Crippen LogP contribution is 2.36. The Labute approximate surface area is 195 Å². The van der Waals surface area contributed by atoms with Gasteiger partial charge in [-0.2, -0.15) is 13.2 Å². The molecule has 0 unspecified atom stereocenters. The standard InChI is InChI=1S/C24H24F3N5O2/c1-15-12-16(2)29-23(28-15)30-19-5-3-4-17(13-19)22(33)31-20-14-18(24(25,26)27)6-7-21(20)32-8-10-34-11-9-32/h3-7,12-14H,8-11H2,1-2H3,(H,31,33)(H,28,29,30). The van der Waals surface area contributed by atoms with Crippen LogP contribution in [0.3, 0.4) is 0 Å². The van der Waals surface area contributed by atoms with Crippen molar-refractivity contribution in [2.24, 2.45) is 0 Å². The number of halogens is 3. The Hall–Kier alpha value is -3.66. The number of anilines is 4. The minimum Gasteiger partial charge on any atom is -0.378 e. The molecule has 4 rings (SSSR count). The molecule has 0 atom stereocenters. The van der Waals surface area contributed by atoms with Gasteiger partial charge in [0.1, 0.15) is 0 Å². The zero-order valence-electron chi connectivity index (χ0n) is 18.7. The van der Waals surface area contributed by atoms with Gasteiger partial charge in [-0.05, 0) is 56.3 Å². The van der Waals surface area contributed by atoms with Crippen LogP contribution >= 0.6 is 0 Å². The van der Waals surface area contributed by atoms with Gasteiger partial charge in [-0.15, -0.1) is 0 Å². The van der Waals surface area contributed by atoms with E-state index in [-0.39, 0.29) is 11.3 Å². The van der Waals surface area contributed by atoms with Gasteiger partial charge >= 0.3 is 6.18 Å². The number of aryl methyl sites for hydroxylation is 2. The van der Waals surface area contributed by atoms with Gasteiger partial charge in [0.15, 0.2) is 0 Å². The summed E-state index contributed by atoms with van der Waals surface area (Å²) in [6.07, 6.45) is -4.53. The van der Waals surface area contributed by atoms with Crippen LogP contribution in [0.15, 0.2) is 48.5 Å². The Bertz CT molecular complexity index is 1170. The Morgan fingerprint density at radius 3 is 2.38 bits per heavy atom. The first-order valence-corrected chi connectivity index (χ1v) is 10.7. The van der Waals surface area contributed by atoms with Crippen molar-refractivity contribution in [2.45, 2.75) is 20.0 Å². The summed E-state index contributed by atoms with van der Waals surface area (Å²) >= 11 is 0. The van der Waals surface area contributed by atoms with Crippen LogP contribution in [0, 0.1) is 13.8 Å². The van der Waals surface area contributed by atoms with E-state index in [0.29, 0.717) is 43.6 Å². The lowest BCUT2D eigenvalue weighted by Crippen LogP contribution is -2.36. The highest BCUT2D eigenvalue weighted by atomic mass is 19.4. The molecule has 1 saturated heterocycles. The summed E-state index contributed by atoms with van der Waals surface area (Å²) in [5.74, 6) is -0.138. The number of benzene rings is 2. The second-order valence-electron chi connectivity index (χ2n) is 7.96. The minimum absolute atomic E-state index is 0.0951. The van der Waals surface area contributed by atoms with Crippen LogP contribution in [0.2, 0.25) is 0 Å². The highest BCUT2D eigenvalue weighted by Gasteiger charge is 2.32. The molecule has 7 nitrogen and oxygen atoms in total. The van der Waals surface area contributed by atoms with Gasteiger partial charge in [-0.3, -0.25) is 4.79 Å². The highest BCUT2D eigenvalue weighted by molar-refractivity contribution is 6.06. The molecule has 1 aliphatic rings. The maximum absolute atomic E-state index is 13.4. The Balaban J connectivity index is 1.59. The van der Waals surface area contributed by atoms with E-state index in [1.54, 1.807) is 24.3 Å². The van der Waals surface area contributed by atoms with Gasteiger partial charge in [-0.25, -0.2) is 9.97 Å². The number of carbonyl (C=O) groups excluding carboxylic acids is 1. The van der Waals surface area contributed by atoms with Crippen LogP contribution in [0.25, 0.3) is 0 Å². The van der Waals surface area contributed by atoms with Crippen molar-refractivity contribution >= 4 is 28.9 Å². The third kappa shape index (κ3) is 5.63.